The highest BCUT2D eigenvalue weighted by molar-refractivity contribution is 6.06. The molecule has 0 bridgehead atoms. The number of likely N-dealkylation sites (N-methyl/N-ethyl adjacent to an activating group) is 1. The lowest BCUT2D eigenvalue weighted by Crippen LogP contribution is -2.56. The quantitative estimate of drug-likeness (QED) is 0.440. The van der Waals surface area contributed by atoms with Crippen LogP contribution in [-0.2, 0) is 19.1 Å². The number of fused-ring (bicyclic) bond motifs is 2. The van der Waals surface area contributed by atoms with Crippen LogP contribution in [0.5, 0.6) is 0 Å². The fourth-order valence-corrected chi connectivity index (χ4v) is 6.86. The van der Waals surface area contributed by atoms with Gasteiger partial charge in [0, 0.05) is 39.0 Å². The Hall–Kier alpha value is -2.97. The number of aryl methyl sites for hydroxylation is 2. The van der Waals surface area contributed by atoms with Crippen LogP contribution >= 0.6 is 0 Å². The molecule has 1 aromatic rings. The minimum absolute atomic E-state index is 0.132. The SMILES string of the molecule is Cc1ccc(C)c(N2CC=C[C@]34O[C@@]5(C)C=CCN(C)C(=O)[C@H]5[C@H]3C(=O)N(CCCCCCO)C4C2=O)c1. The molecule has 4 aliphatic rings. The maximum atomic E-state index is 14.5. The summed E-state index contributed by atoms with van der Waals surface area (Å²) in [5.74, 6) is -2.01. The average molecular weight is 522 g/mol. The molecule has 1 N–H and O–H groups in total. The first kappa shape index (κ1) is 26.6. The number of amides is 3. The number of likely N-dealkylation sites (tertiary alicyclic amines) is 1. The van der Waals surface area contributed by atoms with E-state index in [0.717, 1.165) is 29.7 Å². The second-order valence-corrected chi connectivity index (χ2v) is 11.4. The number of aliphatic hydroxyl groups is 1. The van der Waals surface area contributed by atoms with Gasteiger partial charge in [-0.15, -0.1) is 0 Å². The second-order valence-electron chi connectivity index (χ2n) is 11.4. The van der Waals surface area contributed by atoms with Crippen LogP contribution in [0.3, 0.4) is 0 Å². The van der Waals surface area contributed by atoms with E-state index in [-0.39, 0.29) is 24.3 Å². The van der Waals surface area contributed by atoms with Gasteiger partial charge in [0.15, 0.2) is 0 Å². The molecule has 0 saturated carbocycles. The van der Waals surface area contributed by atoms with Gasteiger partial charge in [0.25, 0.3) is 5.91 Å². The molecule has 5 rings (SSSR count). The van der Waals surface area contributed by atoms with Crippen LogP contribution in [0.2, 0.25) is 0 Å². The Morgan fingerprint density at radius 3 is 2.45 bits per heavy atom. The van der Waals surface area contributed by atoms with E-state index < -0.39 is 29.1 Å². The number of benzene rings is 1. The van der Waals surface area contributed by atoms with E-state index in [2.05, 4.69) is 0 Å². The van der Waals surface area contributed by atoms with E-state index in [9.17, 15) is 14.4 Å². The molecule has 8 heteroatoms. The highest BCUT2D eigenvalue weighted by Crippen LogP contribution is 2.57. The predicted molar refractivity (Wildman–Crippen MR) is 144 cm³/mol. The number of carbonyl (C=O) groups is 3. The summed E-state index contributed by atoms with van der Waals surface area (Å²) < 4.78 is 6.84. The maximum Gasteiger partial charge on any atom is 0.253 e. The number of ether oxygens (including phenoxy) is 1. The van der Waals surface area contributed by atoms with Crippen molar-refractivity contribution >= 4 is 23.4 Å². The van der Waals surface area contributed by atoms with Crippen molar-refractivity contribution in [2.24, 2.45) is 11.8 Å². The molecule has 2 fully saturated rings. The summed E-state index contributed by atoms with van der Waals surface area (Å²) in [6, 6.07) is 5.17. The molecular formula is C30H39N3O5. The van der Waals surface area contributed by atoms with Crippen LogP contribution < -0.4 is 4.90 Å². The molecule has 3 amide bonds. The first-order chi connectivity index (χ1) is 18.1. The first-order valence-electron chi connectivity index (χ1n) is 13.7. The number of hydrogen-bond acceptors (Lipinski definition) is 5. The van der Waals surface area contributed by atoms with Crippen molar-refractivity contribution in [3.63, 3.8) is 0 Å². The zero-order valence-electron chi connectivity index (χ0n) is 22.9. The number of nitrogens with zero attached hydrogens (tertiary/aromatic N) is 3. The monoisotopic (exact) mass is 521 g/mol. The highest BCUT2D eigenvalue weighted by atomic mass is 16.5. The molecule has 1 unspecified atom stereocenters. The normalized spacial score (nSPS) is 32.4. The predicted octanol–water partition coefficient (Wildman–Crippen LogP) is 2.76. The number of unbranched alkanes of at least 4 members (excludes halogenated alkanes) is 3. The van der Waals surface area contributed by atoms with Gasteiger partial charge in [0.05, 0.1) is 17.4 Å². The van der Waals surface area contributed by atoms with Gasteiger partial charge in [0.2, 0.25) is 11.8 Å². The van der Waals surface area contributed by atoms with Crippen LogP contribution in [0.25, 0.3) is 0 Å². The van der Waals surface area contributed by atoms with E-state index >= 15 is 0 Å². The molecule has 1 aromatic carbocycles. The van der Waals surface area contributed by atoms with Crippen LogP contribution in [0.1, 0.15) is 43.7 Å². The van der Waals surface area contributed by atoms with Gasteiger partial charge >= 0.3 is 0 Å². The largest absolute Gasteiger partial charge is 0.396 e. The molecular weight excluding hydrogens is 482 g/mol. The van der Waals surface area contributed by atoms with Crippen molar-refractivity contribution < 1.29 is 24.2 Å². The van der Waals surface area contributed by atoms with Crippen molar-refractivity contribution in [3.05, 3.63) is 53.6 Å². The maximum absolute atomic E-state index is 14.5. The minimum Gasteiger partial charge on any atom is -0.396 e. The molecule has 4 aliphatic heterocycles. The Kier molecular flexibility index (Phi) is 6.99. The van der Waals surface area contributed by atoms with Crippen molar-refractivity contribution in [2.45, 2.75) is 63.7 Å². The zero-order chi connectivity index (χ0) is 27.2. The number of aliphatic hydroxyl groups excluding tert-OH is 1. The summed E-state index contributed by atoms with van der Waals surface area (Å²) in [6.07, 6.45) is 10.8. The van der Waals surface area contributed by atoms with Crippen LogP contribution in [0.4, 0.5) is 5.69 Å². The van der Waals surface area contributed by atoms with Crippen molar-refractivity contribution in [2.75, 3.05) is 38.2 Å². The average Bonchev–Trinajstić information content (AvgIpc) is 3.15. The van der Waals surface area contributed by atoms with E-state index in [1.54, 1.807) is 21.7 Å². The summed E-state index contributed by atoms with van der Waals surface area (Å²) in [7, 11) is 1.75. The lowest BCUT2D eigenvalue weighted by molar-refractivity contribution is -0.148. The van der Waals surface area contributed by atoms with Crippen LogP contribution in [0, 0.1) is 25.7 Å². The first-order valence-corrected chi connectivity index (χ1v) is 13.7. The summed E-state index contributed by atoms with van der Waals surface area (Å²) in [5, 5.41) is 9.15. The fraction of sp³-hybridized carbons (Fsp3) is 0.567. The minimum atomic E-state index is -1.23. The summed E-state index contributed by atoms with van der Waals surface area (Å²) in [4.78, 5) is 47.5. The smallest absolute Gasteiger partial charge is 0.253 e. The van der Waals surface area contributed by atoms with Gasteiger partial charge in [-0.05, 0) is 50.8 Å². The topological polar surface area (TPSA) is 90.4 Å². The number of anilines is 1. The van der Waals surface area contributed by atoms with Gasteiger partial charge in [-0.2, -0.15) is 0 Å². The second kappa shape index (κ2) is 9.97. The number of rotatable bonds is 7. The molecule has 4 heterocycles. The third-order valence-corrected chi connectivity index (χ3v) is 8.72. The highest BCUT2D eigenvalue weighted by Gasteiger charge is 2.74. The summed E-state index contributed by atoms with van der Waals surface area (Å²) in [5.41, 5.74) is 0.627. The Morgan fingerprint density at radius 1 is 0.947 bits per heavy atom. The van der Waals surface area contributed by atoms with Crippen molar-refractivity contribution in [1.29, 1.82) is 0 Å². The lowest BCUT2D eigenvalue weighted by Gasteiger charge is -2.37. The summed E-state index contributed by atoms with van der Waals surface area (Å²) in [6.45, 7) is 7.21. The third kappa shape index (κ3) is 4.09. The zero-order valence-corrected chi connectivity index (χ0v) is 22.9. The molecule has 204 valence electrons. The van der Waals surface area contributed by atoms with Crippen molar-refractivity contribution in [3.8, 4) is 0 Å². The number of carbonyl (C=O) groups excluding carboxylic acids is 3. The molecule has 1 spiro atoms. The fourth-order valence-electron chi connectivity index (χ4n) is 6.86. The Balaban J connectivity index is 1.59. The lowest BCUT2D eigenvalue weighted by atomic mass is 9.74. The van der Waals surface area contributed by atoms with E-state index in [0.29, 0.717) is 32.5 Å². The molecule has 0 aliphatic carbocycles. The standard InChI is InChI=1S/C30H39N3O5/c1-20-11-12-21(2)22(19-20)32-17-10-14-30-24(23-26(35)31(4)15-9-13-29(23,3)38-30)27(36)33(25(30)28(32)37)16-7-5-6-8-18-34/h9-14,19,23-25,34H,5-8,15-18H2,1-4H3/t23-,24+,25?,29+,30+/m1/s1. The van der Waals surface area contributed by atoms with E-state index in [1.807, 2.05) is 63.3 Å². The van der Waals surface area contributed by atoms with Gasteiger partial charge < -0.3 is 24.5 Å². The molecule has 38 heavy (non-hydrogen) atoms. The van der Waals surface area contributed by atoms with Gasteiger partial charge in [-0.1, -0.05) is 49.3 Å². The molecule has 8 nitrogen and oxygen atoms in total. The Bertz CT molecular complexity index is 1190. The Labute approximate surface area is 224 Å². The number of hydrogen-bond donors (Lipinski definition) is 1. The van der Waals surface area contributed by atoms with Gasteiger partial charge in [0.1, 0.15) is 11.6 Å². The van der Waals surface area contributed by atoms with Gasteiger partial charge in [-0.3, -0.25) is 14.4 Å². The van der Waals surface area contributed by atoms with Crippen molar-refractivity contribution in [1.82, 2.24) is 9.80 Å². The molecule has 0 radical (unpaired) electrons. The molecule has 0 aromatic heterocycles. The molecule has 2 saturated heterocycles. The van der Waals surface area contributed by atoms with Gasteiger partial charge in [-0.25, -0.2) is 0 Å². The van der Waals surface area contributed by atoms with E-state index in [4.69, 9.17) is 9.84 Å². The van der Waals surface area contributed by atoms with Crippen LogP contribution in [-0.4, -0.2) is 83.2 Å². The molecule has 5 atom stereocenters. The third-order valence-electron chi connectivity index (χ3n) is 8.72. The Morgan fingerprint density at radius 2 is 1.68 bits per heavy atom. The van der Waals surface area contributed by atoms with Crippen LogP contribution in [0.15, 0.2) is 42.5 Å². The summed E-state index contributed by atoms with van der Waals surface area (Å²) >= 11 is 0. The van der Waals surface area contributed by atoms with E-state index in [1.165, 1.54) is 0 Å².